The van der Waals surface area contributed by atoms with Crippen LogP contribution in [0, 0.1) is 11.3 Å². The number of hydrogen-bond acceptors (Lipinski definition) is 3. The topological polar surface area (TPSA) is 36.7 Å². The summed E-state index contributed by atoms with van der Waals surface area (Å²) in [4.78, 5) is 4.09. The van der Waals surface area contributed by atoms with Crippen molar-refractivity contribution in [2.75, 3.05) is 0 Å². The van der Waals surface area contributed by atoms with Crippen molar-refractivity contribution >= 4 is 31.5 Å². The molecule has 0 N–H and O–H groups in total. The average Bonchev–Trinajstić information content (AvgIpc) is 3.26. The summed E-state index contributed by atoms with van der Waals surface area (Å²) in [7, 11) is 0. The molecule has 0 atom stereocenters. The maximum atomic E-state index is 9.19. The van der Waals surface area contributed by atoms with Gasteiger partial charge in [0.25, 0.3) is 0 Å². The van der Waals surface area contributed by atoms with Crippen molar-refractivity contribution in [3.63, 3.8) is 0 Å². The number of pyridine rings is 1. The Morgan fingerprint density at radius 1 is 0.545 bits per heavy atom. The van der Waals surface area contributed by atoms with E-state index in [9.17, 15) is 5.26 Å². The van der Waals surface area contributed by atoms with Gasteiger partial charge in [-0.1, -0.05) is 60.7 Å². The van der Waals surface area contributed by atoms with Gasteiger partial charge in [0.15, 0.2) is 0 Å². The van der Waals surface area contributed by atoms with E-state index >= 15 is 0 Å². The molecule has 0 spiro atoms. The Bertz CT molecular complexity index is 1670. The predicted octanol–water partition coefficient (Wildman–Crippen LogP) is 8.32. The fourth-order valence-corrected chi connectivity index (χ4v) is 5.38. The van der Waals surface area contributed by atoms with Gasteiger partial charge in [0, 0.05) is 26.4 Å². The van der Waals surface area contributed by atoms with Crippen LogP contribution in [0.1, 0.15) is 5.69 Å². The Hall–Kier alpha value is -4.26. The van der Waals surface area contributed by atoms with Gasteiger partial charge in [0.05, 0.1) is 0 Å². The summed E-state index contributed by atoms with van der Waals surface area (Å²) in [6.07, 6.45) is 1.69. The first-order valence-electron chi connectivity index (χ1n) is 10.8. The molecule has 0 radical (unpaired) electrons. The second-order valence-corrected chi connectivity index (χ2v) is 9.10. The molecule has 6 aromatic rings. The molecule has 2 nitrogen and oxygen atoms in total. The van der Waals surface area contributed by atoms with Crippen molar-refractivity contribution in [3.8, 4) is 39.4 Å². The third-order valence-corrected chi connectivity index (χ3v) is 7.13. The van der Waals surface area contributed by atoms with Gasteiger partial charge in [-0.05, 0) is 75.8 Å². The van der Waals surface area contributed by atoms with E-state index in [-0.39, 0.29) is 0 Å². The zero-order chi connectivity index (χ0) is 22.2. The van der Waals surface area contributed by atoms with E-state index in [0.717, 1.165) is 16.7 Å². The van der Waals surface area contributed by atoms with Crippen LogP contribution >= 0.6 is 11.3 Å². The molecule has 0 amide bonds. The largest absolute Gasteiger partial charge is 0.246 e. The second-order valence-electron chi connectivity index (χ2n) is 8.01. The van der Waals surface area contributed by atoms with E-state index in [1.165, 1.54) is 36.9 Å². The first kappa shape index (κ1) is 19.4. The van der Waals surface area contributed by atoms with Gasteiger partial charge in [0.2, 0.25) is 0 Å². The molecule has 154 valence electrons. The Labute approximate surface area is 196 Å². The van der Waals surface area contributed by atoms with E-state index in [0.29, 0.717) is 5.69 Å². The molecule has 0 saturated carbocycles. The first-order valence-corrected chi connectivity index (χ1v) is 11.6. The van der Waals surface area contributed by atoms with E-state index in [4.69, 9.17) is 0 Å². The zero-order valence-electron chi connectivity index (χ0n) is 17.7. The van der Waals surface area contributed by atoms with Gasteiger partial charge in [0.1, 0.15) is 11.8 Å². The van der Waals surface area contributed by atoms with Crippen LogP contribution in [0.15, 0.2) is 109 Å². The lowest BCUT2D eigenvalue weighted by atomic mass is 9.97. The quantitative estimate of drug-likeness (QED) is 0.278. The van der Waals surface area contributed by atoms with E-state index in [1.807, 2.05) is 23.5 Å². The van der Waals surface area contributed by atoms with Crippen LogP contribution in [0.4, 0.5) is 0 Å². The summed E-state index contributed by atoms with van der Waals surface area (Å²) >= 11 is 1.84. The first-order chi connectivity index (χ1) is 16.3. The highest BCUT2D eigenvalue weighted by Gasteiger charge is 2.10. The summed E-state index contributed by atoms with van der Waals surface area (Å²) in [6.45, 7) is 0. The molecular weight excluding hydrogens is 420 g/mol. The molecule has 0 aliphatic carbocycles. The normalized spacial score (nSPS) is 11.0. The highest BCUT2D eigenvalue weighted by Crippen LogP contribution is 2.38. The maximum Gasteiger partial charge on any atom is 0.141 e. The van der Waals surface area contributed by atoms with Gasteiger partial charge in [-0.2, -0.15) is 5.26 Å². The summed E-state index contributed by atoms with van der Waals surface area (Å²) in [6, 6.07) is 38.4. The van der Waals surface area contributed by atoms with Gasteiger partial charge in [-0.25, -0.2) is 4.98 Å². The molecule has 33 heavy (non-hydrogen) atoms. The van der Waals surface area contributed by atoms with Crippen molar-refractivity contribution in [2.45, 2.75) is 0 Å². The predicted molar refractivity (Wildman–Crippen MR) is 138 cm³/mol. The SMILES string of the molecule is N#Cc1cc(-c2cccc(-c3ccc4sc5ccc(-c6ccccc6)cc5c4c3)c2)ccn1. The number of benzene rings is 4. The number of aromatic nitrogens is 1. The maximum absolute atomic E-state index is 9.19. The number of nitriles is 1. The number of hydrogen-bond donors (Lipinski definition) is 0. The van der Waals surface area contributed by atoms with Gasteiger partial charge in [-0.15, -0.1) is 11.3 Å². The molecule has 6 rings (SSSR count). The van der Waals surface area contributed by atoms with Gasteiger partial charge >= 0.3 is 0 Å². The number of fused-ring (bicyclic) bond motifs is 3. The minimum atomic E-state index is 0.429. The van der Waals surface area contributed by atoms with Crippen LogP contribution in [0.5, 0.6) is 0 Å². The summed E-state index contributed by atoms with van der Waals surface area (Å²) in [5.41, 5.74) is 7.31. The molecule has 2 heterocycles. The van der Waals surface area contributed by atoms with Crippen molar-refractivity contribution in [1.82, 2.24) is 4.98 Å². The van der Waals surface area contributed by atoms with E-state index in [2.05, 4.69) is 102 Å². The van der Waals surface area contributed by atoms with Crippen LogP contribution in [-0.4, -0.2) is 4.98 Å². The summed E-state index contributed by atoms with van der Waals surface area (Å²) in [5, 5.41) is 11.8. The fraction of sp³-hybridized carbons (Fsp3) is 0. The van der Waals surface area contributed by atoms with Crippen LogP contribution < -0.4 is 0 Å². The van der Waals surface area contributed by atoms with Crippen LogP contribution in [0.3, 0.4) is 0 Å². The molecule has 0 aliphatic rings. The number of nitrogens with zero attached hydrogens (tertiary/aromatic N) is 2. The van der Waals surface area contributed by atoms with Crippen LogP contribution in [0.2, 0.25) is 0 Å². The summed E-state index contributed by atoms with van der Waals surface area (Å²) < 4.78 is 2.60. The lowest BCUT2D eigenvalue weighted by Gasteiger charge is -2.07. The van der Waals surface area contributed by atoms with Crippen LogP contribution in [-0.2, 0) is 0 Å². The minimum Gasteiger partial charge on any atom is -0.246 e. The molecule has 0 saturated heterocycles. The summed E-state index contributed by atoms with van der Waals surface area (Å²) in [5.74, 6) is 0. The molecule has 0 unspecified atom stereocenters. The van der Waals surface area contributed by atoms with Crippen molar-refractivity contribution < 1.29 is 0 Å². The van der Waals surface area contributed by atoms with E-state index < -0.39 is 0 Å². The lowest BCUT2D eigenvalue weighted by Crippen LogP contribution is -1.85. The standard InChI is InChI=1S/C30H18N2S/c31-19-26-16-25(13-14-32-26)22-8-4-7-21(15-22)24-10-12-30-28(18-24)27-17-23(9-11-29(27)33-30)20-5-2-1-3-6-20/h1-18H. The molecule has 0 fully saturated rings. The van der Waals surface area contributed by atoms with Crippen molar-refractivity contribution in [1.29, 1.82) is 5.26 Å². The Balaban J connectivity index is 1.47. The third kappa shape index (κ3) is 3.57. The zero-order valence-corrected chi connectivity index (χ0v) is 18.5. The molecule has 0 aliphatic heterocycles. The molecule has 3 heteroatoms. The van der Waals surface area contributed by atoms with Crippen molar-refractivity contribution in [3.05, 3.63) is 115 Å². The average molecular weight is 439 g/mol. The van der Waals surface area contributed by atoms with Crippen LogP contribution in [0.25, 0.3) is 53.6 Å². The Morgan fingerprint density at radius 3 is 1.79 bits per heavy atom. The highest BCUT2D eigenvalue weighted by atomic mass is 32.1. The molecule has 4 aromatic carbocycles. The smallest absolute Gasteiger partial charge is 0.141 e. The Morgan fingerprint density at radius 2 is 1.12 bits per heavy atom. The molecular formula is C30H18N2S. The number of rotatable bonds is 3. The van der Waals surface area contributed by atoms with E-state index in [1.54, 1.807) is 6.20 Å². The fourth-order valence-electron chi connectivity index (χ4n) is 4.32. The highest BCUT2D eigenvalue weighted by molar-refractivity contribution is 7.25. The Kier molecular flexibility index (Phi) is 4.72. The van der Waals surface area contributed by atoms with Gasteiger partial charge in [-0.3, -0.25) is 0 Å². The van der Waals surface area contributed by atoms with Gasteiger partial charge < -0.3 is 0 Å². The number of thiophene rings is 1. The molecule has 2 aromatic heterocycles. The second kappa shape index (κ2) is 8.02. The third-order valence-electron chi connectivity index (χ3n) is 5.98. The molecule has 0 bridgehead atoms. The van der Waals surface area contributed by atoms with Crippen molar-refractivity contribution in [2.24, 2.45) is 0 Å². The minimum absolute atomic E-state index is 0.429. The lowest BCUT2D eigenvalue weighted by molar-refractivity contribution is 1.26. The monoisotopic (exact) mass is 438 g/mol.